The summed E-state index contributed by atoms with van der Waals surface area (Å²) in [7, 11) is 0. The van der Waals surface area contributed by atoms with E-state index in [1.165, 1.54) is 0 Å². The van der Waals surface area contributed by atoms with Gasteiger partial charge in [0, 0.05) is 12.2 Å². The highest BCUT2D eigenvalue weighted by Gasteiger charge is 2.10. The second-order valence-corrected chi connectivity index (χ2v) is 3.68. The molecule has 1 rings (SSSR count). The lowest BCUT2D eigenvalue weighted by atomic mass is 10.2. The number of carbonyl (C=O) groups excluding carboxylic acids is 1. The lowest BCUT2D eigenvalue weighted by molar-refractivity contribution is -0.135. The predicted molar refractivity (Wildman–Crippen MR) is 67.9 cm³/mol. The minimum atomic E-state index is -0.883. The molecule has 0 saturated heterocycles. The van der Waals surface area contributed by atoms with Crippen molar-refractivity contribution in [2.24, 2.45) is 0 Å². The fraction of sp³-hybridized carbons (Fsp3) is 0.385. The summed E-state index contributed by atoms with van der Waals surface area (Å²) < 4.78 is 4.87. The van der Waals surface area contributed by atoms with Gasteiger partial charge in [-0.1, -0.05) is 0 Å². The maximum absolute atomic E-state index is 11.4. The molecular formula is C13H17NO4. The molecule has 0 atom stereocenters. The van der Waals surface area contributed by atoms with Crippen molar-refractivity contribution in [2.75, 3.05) is 24.6 Å². The minimum Gasteiger partial charge on any atom is -0.480 e. The lowest BCUT2D eigenvalue weighted by Gasteiger charge is -2.20. The molecule has 0 radical (unpaired) electrons. The van der Waals surface area contributed by atoms with E-state index in [0.717, 1.165) is 5.69 Å². The molecule has 1 aromatic carbocycles. The monoisotopic (exact) mass is 251 g/mol. The van der Waals surface area contributed by atoms with Crippen molar-refractivity contribution >= 4 is 17.6 Å². The number of nitrogens with zero attached hydrogens (tertiary/aromatic N) is 1. The highest BCUT2D eigenvalue weighted by molar-refractivity contribution is 5.89. The molecule has 0 amide bonds. The van der Waals surface area contributed by atoms with Crippen LogP contribution in [0.5, 0.6) is 0 Å². The lowest BCUT2D eigenvalue weighted by Crippen LogP contribution is -2.29. The summed E-state index contributed by atoms with van der Waals surface area (Å²) in [5.41, 5.74) is 1.24. The van der Waals surface area contributed by atoms with Gasteiger partial charge >= 0.3 is 11.9 Å². The third-order valence-corrected chi connectivity index (χ3v) is 2.45. The van der Waals surface area contributed by atoms with Crippen molar-refractivity contribution in [3.05, 3.63) is 29.8 Å². The van der Waals surface area contributed by atoms with Gasteiger partial charge in [0.15, 0.2) is 0 Å². The Kier molecular flexibility index (Phi) is 5.17. The Labute approximate surface area is 106 Å². The first-order chi connectivity index (χ1) is 8.58. The first kappa shape index (κ1) is 14.0. The first-order valence-corrected chi connectivity index (χ1v) is 5.82. The van der Waals surface area contributed by atoms with E-state index in [2.05, 4.69) is 0 Å². The molecule has 5 nitrogen and oxygen atoms in total. The molecule has 0 unspecified atom stereocenters. The average Bonchev–Trinajstić information content (AvgIpc) is 2.36. The number of carbonyl (C=O) groups is 2. The summed E-state index contributed by atoms with van der Waals surface area (Å²) in [6.07, 6.45) is 0. The Bertz CT molecular complexity index is 414. The van der Waals surface area contributed by atoms with Crippen LogP contribution < -0.4 is 4.90 Å². The van der Waals surface area contributed by atoms with Gasteiger partial charge in [-0.05, 0) is 38.1 Å². The smallest absolute Gasteiger partial charge is 0.338 e. The number of likely N-dealkylation sites (N-methyl/N-ethyl adjacent to an activating group) is 1. The number of hydrogen-bond acceptors (Lipinski definition) is 4. The Morgan fingerprint density at radius 1 is 1.22 bits per heavy atom. The van der Waals surface area contributed by atoms with Crippen LogP contribution >= 0.6 is 0 Å². The highest BCUT2D eigenvalue weighted by Crippen LogP contribution is 2.15. The Balaban J connectivity index is 2.80. The van der Waals surface area contributed by atoms with E-state index < -0.39 is 5.97 Å². The summed E-state index contributed by atoms with van der Waals surface area (Å²) >= 11 is 0. The van der Waals surface area contributed by atoms with Crippen LogP contribution in [0.25, 0.3) is 0 Å². The van der Waals surface area contributed by atoms with Gasteiger partial charge in [-0.15, -0.1) is 0 Å². The SMILES string of the molecule is CCOC(=O)c1ccc(N(CC)CC(=O)O)cc1. The van der Waals surface area contributed by atoms with Gasteiger partial charge in [-0.25, -0.2) is 4.79 Å². The summed E-state index contributed by atoms with van der Waals surface area (Å²) in [4.78, 5) is 23.8. The van der Waals surface area contributed by atoms with Crippen LogP contribution in [0.3, 0.4) is 0 Å². The highest BCUT2D eigenvalue weighted by atomic mass is 16.5. The zero-order valence-corrected chi connectivity index (χ0v) is 10.5. The van der Waals surface area contributed by atoms with E-state index in [9.17, 15) is 9.59 Å². The molecule has 0 aliphatic carbocycles. The molecule has 98 valence electrons. The van der Waals surface area contributed by atoms with Crippen LogP contribution in [0, 0.1) is 0 Å². The molecule has 0 saturated carbocycles. The van der Waals surface area contributed by atoms with Gasteiger partial charge in [0.2, 0.25) is 0 Å². The Hall–Kier alpha value is -2.04. The number of hydrogen-bond donors (Lipinski definition) is 1. The van der Waals surface area contributed by atoms with Crippen molar-refractivity contribution in [2.45, 2.75) is 13.8 Å². The second-order valence-electron chi connectivity index (χ2n) is 3.68. The number of carboxylic acid groups (broad SMARTS) is 1. The van der Waals surface area contributed by atoms with Gasteiger partial charge in [0.1, 0.15) is 6.54 Å². The molecule has 1 N–H and O–H groups in total. The van der Waals surface area contributed by atoms with Crippen molar-refractivity contribution in [1.82, 2.24) is 0 Å². The van der Waals surface area contributed by atoms with Gasteiger partial charge in [-0.3, -0.25) is 4.79 Å². The number of benzene rings is 1. The normalized spacial score (nSPS) is 9.89. The quantitative estimate of drug-likeness (QED) is 0.780. The summed E-state index contributed by atoms with van der Waals surface area (Å²) in [6.45, 7) is 4.49. The predicted octanol–water partition coefficient (Wildman–Crippen LogP) is 1.77. The fourth-order valence-electron chi connectivity index (χ4n) is 1.57. The van der Waals surface area contributed by atoms with Crippen LogP contribution in [0.2, 0.25) is 0 Å². The molecule has 0 fully saturated rings. The standard InChI is InChI=1S/C13H17NO4/c1-3-14(9-12(15)16)11-7-5-10(6-8-11)13(17)18-4-2/h5-8H,3-4,9H2,1-2H3,(H,15,16). The number of esters is 1. The number of rotatable bonds is 6. The Morgan fingerprint density at radius 3 is 2.28 bits per heavy atom. The van der Waals surface area contributed by atoms with Gasteiger partial charge in [0.25, 0.3) is 0 Å². The van der Waals surface area contributed by atoms with Gasteiger partial charge < -0.3 is 14.7 Å². The van der Waals surface area contributed by atoms with E-state index in [1.807, 2.05) is 6.92 Å². The van der Waals surface area contributed by atoms with Crippen molar-refractivity contribution in [3.63, 3.8) is 0 Å². The van der Waals surface area contributed by atoms with Crippen molar-refractivity contribution in [1.29, 1.82) is 0 Å². The topological polar surface area (TPSA) is 66.8 Å². The van der Waals surface area contributed by atoms with E-state index in [4.69, 9.17) is 9.84 Å². The van der Waals surface area contributed by atoms with E-state index in [0.29, 0.717) is 18.7 Å². The first-order valence-electron chi connectivity index (χ1n) is 5.82. The summed E-state index contributed by atoms with van der Waals surface area (Å²) in [6, 6.07) is 6.72. The average molecular weight is 251 g/mol. The number of anilines is 1. The van der Waals surface area contributed by atoms with Gasteiger partial charge in [-0.2, -0.15) is 0 Å². The number of ether oxygens (including phenoxy) is 1. The molecular weight excluding hydrogens is 234 g/mol. The second kappa shape index (κ2) is 6.64. The van der Waals surface area contributed by atoms with E-state index >= 15 is 0 Å². The third kappa shape index (κ3) is 3.76. The molecule has 18 heavy (non-hydrogen) atoms. The maximum atomic E-state index is 11.4. The zero-order chi connectivity index (χ0) is 13.5. The summed E-state index contributed by atoms with van der Waals surface area (Å²) in [5.74, 6) is -1.25. The van der Waals surface area contributed by atoms with Crippen molar-refractivity contribution < 1.29 is 19.4 Å². The molecule has 0 bridgehead atoms. The van der Waals surface area contributed by atoms with Crippen LogP contribution in [-0.4, -0.2) is 36.7 Å². The number of aliphatic carboxylic acids is 1. The van der Waals surface area contributed by atoms with Crippen LogP contribution in [0.1, 0.15) is 24.2 Å². The van der Waals surface area contributed by atoms with Crippen molar-refractivity contribution in [3.8, 4) is 0 Å². The third-order valence-electron chi connectivity index (χ3n) is 2.45. The zero-order valence-electron chi connectivity index (χ0n) is 10.5. The molecule has 1 aromatic rings. The van der Waals surface area contributed by atoms with Crippen LogP contribution in [0.15, 0.2) is 24.3 Å². The van der Waals surface area contributed by atoms with E-state index in [-0.39, 0.29) is 12.5 Å². The van der Waals surface area contributed by atoms with Crippen LogP contribution in [0.4, 0.5) is 5.69 Å². The fourth-order valence-corrected chi connectivity index (χ4v) is 1.57. The summed E-state index contributed by atoms with van der Waals surface area (Å²) in [5, 5.41) is 8.77. The molecule has 5 heteroatoms. The van der Waals surface area contributed by atoms with Crippen LogP contribution in [-0.2, 0) is 9.53 Å². The molecule has 0 aromatic heterocycles. The number of carboxylic acids is 1. The Morgan fingerprint density at radius 2 is 1.83 bits per heavy atom. The molecule has 0 spiro atoms. The molecule has 0 aliphatic rings. The molecule has 0 heterocycles. The van der Waals surface area contributed by atoms with E-state index in [1.54, 1.807) is 36.1 Å². The maximum Gasteiger partial charge on any atom is 0.338 e. The molecule has 0 aliphatic heterocycles. The largest absolute Gasteiger partial charge is 0.480 e. The van der Waals surface area contributed by atoms with Gasteiger partial charge in [0.05, 0.1) is 12.2 Å². The minimum absolute atomic E-state index is 0.0603.